The van der Waals surface area contributed by atoms with E-state index in [1.165, 1.54) is 51.4 Å². The Bertz CT molecular complexity index is 273. The topological polar surface area (TPSA) is 37.3 Å². The summed E-state index contributed by atoms with van der Waals surface area (Å²) in [5, 5.41) is 8.75. The van der Waals surface area contributed by atoms with E-state index in [-0.39, 0.29) is 0 Å². The normalized spacial score (nSPS) is 15.7. The summed E-state index contributed by atoms with van der Waals surface area (Å²) >= 11 is 0. The molecule has 0 radical (unpaired) electrons. The molecule has 0 saturated heterocycles. The third kappa shape index (κ3) is 14.4. The van der Waals surface area contributed by atoms with Crippen molar-refractivity contribution in [3.63, 3.8) is 0 Å². The smallest absolute Gasteiger partial charge is 0.303 e. The third-order valence-corrected chi connectivity index (χ3v) is 4.79. The fourth-order valence-electron chi connectivity index (χ4n) is 3.19. The second kappa shape index (κ2) is 13.0. The lowest BCUT2D eigenvalue weighted by Gasteiger charge is -2.15. The first-order chi connectivity index (χ1) is 10.3. The Labute approximate surface area is 139 Å². The second-order valence-electron chi connectivity index (χ2n) is 8.10. The molecule has 2 nitrogen and oxygen atoms in total. The lowest BCUT2D eigenvalue weighted by Crippen LogP contribution is -2.05. The largest absolute Gasteiger partial charge is 0.481 e. The molecule has 0 unspecified atom stereocenters. The molecular formula is C20H40O2. The van der Waals surface area contributed by atoms with Crippen LogP contribution in [0.2, 0.25) is 0 Å². The minimum atomic E-state index is -0.660. The van der Waals surface area contributed by atoms with E-state index in [9.17, 15) is 4.79 Å². The van der Waals surface area contributed by atoms with Gasteiger partial charge in [0.15, 0.2) is 0 Å². The number of rotatable bonds is 14. The first kappa shape index (κ1) is 21.5. The lowest BCUT2D eigenvalue weighted by molar-refractivity contribution is -0.138. The van der Waals surface area contributed by atoms with Crippen molar-refractivity contribution < 1.29 is 9.90 Å². The molecular weight excluding hydrogens is 272 g/mol. The van der Waals surface area contributed by atoms with E-state index >= 15 is 0 Å². The van der Waals surface area contributed by atoms with Crippen LogP contribution in [0.25, 0.3) is 0 Å². The number of carboxylic acids is 1. The van der Waals surface area contributed by atoms with Crippen LogP contribution in [-0.2, 0) is 4.79 Å². The Morgan fingerprint density at radius 3 is 1.41 bits per heavy atom. The summed E-state index contributed by atoms with van der Waals surface area (Å²) in [7, 11) is 0. The molecule has 0 heterocycles. The summed E-state index contributed by atoms with van der Waals surface area (Å²) < 4.78 is 0. The van der Waals surface area contributed by atoms with Gasteiger partial charge in [-0.1, -0.05) is 92.4 Å². The molecule has 1 N–H and O–H groups in total. The van der Waals surface area contributed by atoms with Crippen LogP contribution in [0, 0.1) is 23.7 Å². The van der Waals surface area contributed by atoms with Crippen molar-refractivity contribution in [2.75, 3.05) is 0 Å². The van der Waals surface area contributed by atoms with Crippen molar-refractivity contribution in [3.05, 3.63) is 0 Å². The minimum absolute atomic E-state index is 0.322. The number of hydrogen-bond acceptors (Lipinski definition) is 1. The van der Waals surface area contributed by atoms with Gasteiger partial charge < -0.3 is 5.11 Å². The summed E-state index contributed by atoms with van der Waals surface area (Å²) in [6, 6.07) is 0. The summed E-state index contributed by atoms with van der Waals surface area (Å²) in [5.74, 6) is 2.18. The van der Waals surface area contributed by atoms with Gasteiger partial charge in [-0.3, -0.25) is 4.79 Å². The van der Waals surface area contributed by atoms with Gasteiger partial charge in [-0.25, -0.2) is 0 Å². The maximum atomic E-state index is 10.6. The zero-order chi connectivity index (χ0) is 17.0. The maximum Gasteiger partial charge on any atom is 0.303 e. The molecule has 0 bridgehead atoms. The monoisotopic (exact) mass is 312 g/mol. The van der Waals surface area contributed by atoms with Crippen LogP contribution in [0.15, 0.2) is 0 Å². The number of carbonyl (C=O) groups is 1. The van der Waals surface area contributed by atoms with E-state index in [0.29, 0.717) is 12.3 Å². The van der Waals surface area contributed by atoms with Crippen molar-refractivity contribution in [1.82, 2.24) is 0 Å². The first-order valence-corrected chi connectivity index (χ1v) is 9.53. The predicted octanol–water partition coefficient (Wildman–Crippen LogP) is 6.54. The molecule has 2 heteroatoms. The molecule has 0 fully saturated rings. The summed E-state index contributed by atoms with van der Waals surface area (Å²) in [6.45, 7) is 11.4. The van der Waals surface area contributed by atoms with Gasteiger partial charge in [-0.05, 0) is 23.7 Å². The zero-order valence-electron chi connectivity index (χ0n) is 15.7. The van der Waals surface area contributed by atoms with Crippen molar-refractivity contribution >= 4 is 5.97 Å². The summed E-state index contributed by atoms with van der Waals surface area (Å²) in [4.78, 5) is 10.6. The SMILES string of the molecule is CC(C)CCC[C@H](C)CCC[C@@H](C)CCC[C@@H](C)CC(=O)O. The van der Waals surface area contributed by atoms with E-state index in [1.54, 1.807) is 0 Å². The number of hydrogen-bond donors (Lipinski definition) is 1. The van der Waals surface area contributed by atoms with Gasteiger partial charge in [0.25, 0.3) is 0 Å². The zero-order valence-corrected chi connectivity index (χ0v) is 15.7. The highest BCUT2D eigenvalue weighted by Gasteiger charge is 2.09. The van der Waals surface area contributed by atoms with E-state index in [2.05, 4.69) is 34.6 Å². The molecule has 0 aromatic rings. The fraction of sp³-hybridized carbons (Fsp3) is 0.950. The highest BCUT2D eigenvalue weighted by atomic mass is 16.4. The van der Waals surface area contributed by atoms with Crippen LogP contribution in [0.3, 0.4) is 0 Å². The van der Waals surface area contributed by atoms with Crippen LogP contribution in [0.5, 0.6) is 0 Å². The van der Waals surface area contributed by atoms with Gasteiger partial charge in [0.2, 0.25) is 0 Å². The Morgan fingerprint density at radius 2 is 1.05 bits per heavy atom. The molecule has 22 heavy (non-hydrogen) atoms. The van der Waals surface area contributed by atoms with E-state index in [0.717, 1.165) is 24.2 Å². The lowest BCUT2D eigenvalue weighted by atomic mass is 9.91. The molecule has 0 aromatic carbocycles. The van der Waals surface area contributed by atoms with E-state index < -0.39 is 5.97 Å². The Balaban J connectivity index is 3.52. The average molecular weight is 313 g/mol. The molecule has 132 valence electrons. The van der Waals surface area contributed by atoms with Gasteiger partial charge >= 0.3 is 5.97 Å². The Kier molecular flexibility index (Phi) is 12.6. The van der Waals surface area contributed by atoms with Gasteiger partial charge in [-0.2, -0.15) is 0 Å². The molecule has 0 aromatic heterocycles. The van der Waals surface area contributed by atoms with Gasteiger partial charge in [0.05, 0.1) is 0 Å². The third-order valence-electron chi connectivity index (χ3n) is 4.79. The summed E-state index contributed by atoms with van der Waals surface area (Å²) in [5.41, 5.74) is 0. The maximum absolute atomic E-state index is 10.6. The quantitative estimate of drug-likeness (QED) is 0.395. The van der Waals surface area contributed by atoms with Crippen LogP contribution in [0.1, 0.15) is 98.8 Å². The highest BCUT2D eigenvalue weighted by molar-refractivity contribution is 5.66. The molecule has 0 aliphatic rings. The van der Waals surface area contributed by atoms with Crippen molar-refractivity contribution in [1.29, 1.82) is 0 Å². The van der Waals surface area contributed by atoms with Gasteiger partial charge in [-0.15, -0.1) is 0 Å². The number of aliphatic carboxylic acids is 1. The minimum Gasteiger partial charge on any atom is -0.481 e. The van der Waals surface area contributed by atoms with Crippen molar-refractivity contribution in [2.24, 2.45) is 23.7 Å². The van der Waals surface area contributed by atoms with Crippen LogP contribution >= 0.6 is 0 Å². The fourth-order valence-corrected chi connectivity index (χ4v) is 3.19. The predicted molar refractivity (Wildman–Crippen MR) is 96.1 cm³/mol. The van der Waals surface area contributed by atoms with Crippen LogP contribution < -0.4 is 0 Å². The van der Waals surface area contributed by atoms with E-state index in [1.807, 2.05) is 0 Å². The first-order valence-electron chi connectivity index (χ1n) is 9.53. The molecule has 0 spiro atoms. The van der Waals surface area contributed by atoms with Crippen LogP contribution in [0.4, 0.5) is 0 Å². The molecule has 3 atom stereocenters. The average Bonchev–Trinajstić information content (AvgIpc) is 2.37. The van der Waals surface area contributed by atoms with Crippen molar-refractivity contribution in [3.8, 4) is 0 Å². The van der Waals surface area contributed by atoms with Gasteiger partial charge in [0, 0.05) is 6.42 Å². The van der Waals surface area contributed by atoms with Crippen molar-refractivity contribution in [2.45, 2.75) is 98.8 Å². The standard InChI is InChI=1S/C20H40O2/c1-16(2)9-6-10-17(3)11-7-12-18(4)13-8-14-19(5)15-20(21)22/h16-19H,6-15H2,1-5H3,(H,21,22)/t17-,18+,19+/m0/s1. The van der Waals surface area contributed by atoms with Gasteiger partial charge in [0.1, 0.15) is 0 Å². The van der Waals surface area contributed by atoms with Crippen LogP contribution in [-0.4, -0.2) is 11.1 Å². The molecule has 0 amide bonds. The second-order valence-corrected chi connectivity index (χ2v) is 8.10. The Hall–Kier alpha value is -0.530. The van der Waals surface area contributed by atoms with E-state index in [4.69, 9.17) is 5.11 Å². The summed E-state index contributed by atoms with van der Waals surface area (Å²) in [6.07, 6.45) is 12.0. The molecule has 0 rings (SSSR count). The molecule has 0 saturated carbocycles. The molecule has 0 aliphatic heterocycles. The number of carboxylic acid groups (broad SMARTS) is 1. The Morgan fingerprint density at radius 1 is 0.682 bits per heavy atom. The highest BCUT2D eigenvalue weighted by Crippen LogP contribution is 2.22. The molecule has 0 aliphatic carbocycles.